The van der Waals surface area contributed by atoms with Crippen molar-refractivity contribution in [3.8, 4) is 0 Å². The number of hydrogen-bond acceptors (Lipinski definition) is 6. The SMILES string of the molecule is CCCCOC(=O)c1cc(S(=O)(=O)N2CCOCC2)ccc1N1CCCCC1. The van der Waals surface area contributed by atoms with E-state index in [-0.39, 0.29) is 4.90 Å². The summed E-state index contributed by atoms with van der Waals surface area (Å²) < 4.78 is 38.1. The Bertz CT molecular complexity index is 769. The molecule has 0 amide bonds. The molecule has 0 N–H and O–H groups in total. The normalized spacial score (nSPS) is 18.8. The molecule has 0 saturated carbocycles. The van der Waals surface area contributed by atoms with Crippen LogP contribution in [0.15, 0.2) is 23.1 Å². The minimum Gasteiger partial charge on any atom is -0.462 e. The van der Waals surface area contributed by atoms with Crippen LogP contribution >= 0.6 is 0 Å². The molecule has 2 saturated heterocycles. The Morgan fingerprint density at radius 3 is 2.50 bits per heavy atom. The van der Waals surface area contributed by atoms with Crippen LogP contribution in [0.25, 0.3) is 0 Å². The molecule has 0 radical (unpaired) electrons. The van der Waals surface area contributed by atoms with Gasteiger partial charge in [-0.2, -0.15) is 4.31 Å². The number of ether oxygens (including phenoxy) is 2. The lowest BCUT2D eigenvalue weighted by Crippen LogP contribution is -2.40. The number of nitrogens with zero attached hydrogens (tertiary/aromatic N) is 2. The highest BCUT2D eigenvalue weighted by molar-refractivity contribution is 7.89. The third kappa shape index (κ3) is 4.85. The highest BCUT2D eigenvalue weighted by Crippen LogP contribution is 2.29. The molecule has 28 heavy (non-hydrogen) atoms. The largest absolute Gasteiger partial charge is 0.462 e. The molecule has 1 aromatic rings. The van der Waals surface area contributed by atoms with Gasteiger partial charge in [-0.3, -0.25) is 0 Å². The molecule has 156 valence electrons. The first kappa shape index (κ1) is 21.1. The van der Waals surface area contributed by atoms with E-state index in [1.54, 1.807) is 12.1 Å². The monoisotopic (exact) mass is 410 g/mol. The number of benzene rings is 1. The van der Waals surface area contributed by atoms with Gasteiger partial charge >= 0.3 is 5.97 Å². The topological polar surface area (TPSA) is 76.2 Å². The molecule has 3 rings (SSSR count). The Balaban J connectivity index is 1.92. The fourth-order valence-corrected chi connectivity index (χ4v) is 5.01. The van der Waals surface area contributed by atoms with Gasteiger partial charge in [-0.15, -0.1) is 0 Å². The van der Waals surface area contributed by atoms with Crippen molar-refractivity contribution < 1.29 is 22.7 Å². The van der Waals surface area contributed by atoms with Crippen LogP contribution in [0, 0.1) is 0 Å². The van der Waals surface area contributed by atoms with Crippen LogP contribution in [0.1, 0.15) is 49.4 Å². The lowest BCUT2D eigenvalue weighted by molar-refractivity contribution is 0.0500. The van der Waals surface area contributed by atoms with Crippen molar-refractivity contribution in [1.29, 1.82) is 0 Å². The number of sulfonamides is 1. The maximum Gasteiger partial charge on any atom is 0.340 e. The molecule has 0 atom stereocenters. The van der Waals surface area contributed by atoms with Gasteiger partial charge < -0.3 is 14.4 Å². The van der Waals surface area contributed by atoms with Crippen LogP contribution in [0.3, 0.4) is 0 Å². The highest BCUT2D eigenvalue weighted by Gasteiger charge is 2.29. The Hall–Kier alpha value is -1.64. The zero-order chi connectivity index (χ0) is 20.0. The number of carbonyl (C=O) groups excluding carboxylic acids is 1. The van der Waals surface area contributed by atoms with Crippen molar-refractivity contribution in [3.63, 3.8) is 0 Å². The van der Waals surface area contributed by atoms with Crippen molar-refractivity contribution in [2.45, 2.75) is 43.9 Å². The number of morpholine rings is 1. The standard InChI is InChI=1S/C20H30N2O5S/c1-2-3-13-27-20(23)18-16-17(28(24,25)22-11-14-26-15-12-22)7-8-19(18)21-9-5-4-6-10-21/h7-8,16H,2-6,9-15H2,1H3. The summed E-state index contributed by atoms with van der Waals surface area (Å²) in [5.74, 6) is -0.451. The summed E-state index contributed by atoms with van der Waals surface area (Å²) in [6.07, 6.45) is 5.03. The van der Waals surface area contributed by atoms with Crippen molar-refractivity contribution in [3.05, 3.63) is 23.8 Å². The van der Waals surface area contributed by atoms with Crippen LogP contribution < -0.4 is 4.90 Å². The molecule has 0 aliphatic carbocycles. The second-order valence-corrected chi connectivity index (χ2v) is 9.17. The molecule has 2 fully saturated rings. The number of esters is 1. The smallest absolute Gasteiger partial charge is 0.340 e. The molecule has 2 aliphatic heterocycles. The lowest BCUT2D eigenvalue weighted by atomic mass is 10.1. The van der Waals surface area contributed by atoms with E-state index in [0.29, 0.717) is 38.5 Å². The molecule has 0 bridgehead atoms. The third-order valence-corrected chi connectivity index (χ3v) is 7.12. The molecule has 0 spiro atoms. The second kappa shape index (κ2) is 9.71. The molecule has 2 aliphatic rings. The van der Waals surface area contributed by atoms with Gasteiger partial charge in [0.25, 0.3) is 0 Å². The minimum absolute atomic E-state index is 0.137. The maximum atomic E-state index is 13.0. The molecule has 2 heterocycles. The van der Waals surface area contributed by atoms with Gasteiger partial charge in [-0.05, 0) is 43.9 Å². The van der Waals surface area contributed by atoms with E-state index in [2.05, 4.69) is 4.90 Å². The van der Waals surface area contributed by atoms with Crippen LogP contribution in [0.4, 0.5) is 5.69 Å². The van der Waals surface area contributed by atoms with Gasteiger partial charge in [0.1, 0.15) is 0 Å². The molecular formula is C20H30N2O5S. The Labute approximate surface area is 167 Å². The Morgan fingerprint density at radius 2 is 1.82 bits per heavy atom. The van der Waals surface area contributed by atoms with Gasteiger partial charge in [0.2, 0.25) is 10.0 Å². The minimum atomic E-state index is -3.66. The predicted octanol–water partition coefficient (Wildman–Crippen LogP) is 2.65. The van der Waals surface area contributed by atoms with Crippen molar-refractivity contribution in [2.24, 2.45) is 0 Å². The molecule has 0 aromatic heterocycles. The summed E-state index contributed by atoms with van der Waals surface area (Å²) in [5.41, 5.74) is 1.11. The fourth-order valence-electron chi connectivity index (χ4n) is 3.57. The first-order valence-corrected chi connectivity index (χ1v) is 11.6. The average molecular weight is 411 g/mol. The molecular weight excluding hydrogens is 380 g/mol. The fraction of sp³-hybridized carbons (Fsp3) is 0.650. The first-order chi connectivity index (χ1) is 13.5. The number of anilines is 1. The van der Waals surface area contributed by atoms with Crippen molar-refractivity contribution >= 4 is 21.7 Å². The zero-order valence-corrected chi connectivity index (χ0v) is 17.4. The van der Waals surface area contributed by atoms with Crippen LogP contribution in [0.5, 0.6) is 0 Å². The number of carbonyl (C=O) groups is 1. The average Bonchev–Trinajstić information content (AvgIpc) is 2.74. The summed E-state index contributed by atoms with van der Waals surface area (Å²) in [4.78, 5) is 15.1. The summed E-state index contributed by atoms with van der Waals surface area (Å²) >= 11 is 0. The van der Waals surface area contributed by atoms with Crippen LogP contribution in [-0.2, 0) is 19.5 Å². The Kier molecular flexibility index (Phi) is 7.31. The van der Waals surface area contributed by atoms with Crippen LogP contribution in [-0.4, -0.2) is 64.7 Å². The van der Waals surface area contributed by atoms with Gasteiger partial charge in [0.15, 0.2) is 0 Å². The molecule has 1 aromatic carbocycles. The summed E-state index contributed by atoms with van der Waals surface area (Å²) in [6.45, 7) is 5.53. The van der Waals surface area contributed by atoms with E-state index < -0.39 is 16.0 Å². The highest BCUT2D eigenvalue weighted by atomic mass is 32.2. The van der Waals surface area contributed by atoms with Gasteiger partial charge in [0, 0.05) is 26.2 Å². The van der Waals surface area contributed by atoms with Crippen molar-refractivity contribution in [2.75, 3.05) is 50.9 Å². The first-order valence-electron chi connectivity index (χ1n) is 10.2. The molecule has 8 heteroatoms. The van der Waals surface area contributed by atoms with E-state index in [4.69, 9.17) is 9.47 Å². The van der Waals surface area contributed by atoms with Gasteiger partial charge in [-0.25, -0.2) is 13.2 Å². The summed E-state index contributed by atoms with van der Waals surface area (Å²) in [6, 6.07) is 4.86. The van der Waals surface area contributed by atoms with Crippen LogP contribution in [0.2, 0.25) is 0 Å². The third-order valence-electron chi connectivity index (χ3n) is 5.22. The van der Waals surface area contributed by atoms with E-state index in [1.165, 1.54) is 16.8 Å². The van der Waals surface area contributed by atoms with E-state index in [0.717, 1.165) is 44.5 Å². The van der Waals surface area contributed by atoms with E-state index in [1.807, 2.05) is 6.92 Å². The number of hydrogen-bond donors (Lipinski definition) is 0. The predicted molar refractivity (Wildman–Crippen MR) is 107 cm³/mol. The number of piperidine rings is 1. The second-order valence-electron chi connectivity index (χ2n) is 7.23. The van der Waals surface area contributed by atoms with Gasteiger partial charge in [-0.1, -0.05) is 13.3 Å². The number of rotatable bonds is 7. The maximum absolute atomic E-state index is 13.0. The van der Waals surface area contributed by atoms with Gasteiger partial charge in [0.05, 0.1) is 36.0 Å². The Morgan fingerprint density at radius 1 is 1.11 bits per heavy atom. The van der Waals surface area contributed by atoms with E-state index in [9.17, 15) is 13.2 Å². The zero-order valence-electron chi connectivity index (χ0n) is 16.6. The molecule has 7 nitrogen and oxygen atoms in total. The summed E-state index contributed by atoms with van der Waals surface area (Å²) in [7, 11) is -3.66. The number of unbranched alkanes of at least 4 members (excludes halogenated alkanes) is 1. The molecule has 0 unspecified atom stereocenters. The quantitative estimate of drug-likeness (QED) is 0.508. The van der Waals surface area contributed by atoms with Crippen molar-refractivity contribution in [1.82, 2.24) is 4.31 Å². The lowest BCUT2D eigenvalue weighted by Gasteiger charge is -2.31. The van der Waals surface area contributed by atoms with E-state index >= 15 is 0 Å². The summed E-state index contributed by atoms with van der Waals surface area (Å²) in [5, 5.41) is 0.